The summed E-state index contributed by atoms with van der Waals surface area (Å²) in [4.78, 5) is 11.2. The molecule has 0 radical (unpaired) electrons. The third-order valence-corrected chi connectivity index (χ3v) is 2.86. The Hall–Kier alpha value is -0.570. The Morgan fingerprint density at radius 2 is 2.14 bits per heavy atom. The number of nitrogens with one attached hydrogen (secondary N) is 1. The Morgan fingerprint density at radius 1 is 1.50 bits per heavy atom. The third-order valence-electron chi connectivity index (χ3n) is 2.86. The Labute approximate surface area is 86.4 Å². The van der Waals surface area contributed by atoms with Gasteiger partial charge in [0, 0.05) is 19.0 Å². The van der Waals surface area contributed by atoms with Crippen LogP contribution in [-0.4, -0.2) is 18.5 Å². The molecule has 0 spiro atoms. The lowest BCUT2D eigenvalue weighted by Gasteiger charge is -2.10. The fourth-order valence-corrected chi connectivity index (χ4v) is 2.08. The van der Waals surface area contributed by atoms with E-state index in [4.69, 9.17) is 5.73 Å². The maximum atomic E-state index is 11.2. The van der Waals surface area contributed by atoms with Crippen molar-refractivity contribution >= 4 is 5.91 Å². The highest BCUT2D eigenvalue weighted by molar-refractivity contribution is 5.76. The molecule has 0 aliphatic heterocycles. The third kappa shape index (κ3) is 4.61. The summed E-state index contributed by atoms with van der Waals surface area (Å²) in [5.41, 5.74) is 5.53. The summed E-state index contributed by atoms with van der Waals surface area (Å²) in [6.07, 6.45) is 7.04. The fourth-order valence-electron chi connectivity index (χ4n) is 2.08. The first-order valence-electron chi connectivity index (χ1n) is 5.70. The van der Waals surface area contributed by atoms with Crippen molar-refractivity contribution in [1.29, 1.82) is 0 Å². The lowest BCUT2D eigenvalue weighted by Crippen LogP contribution is -2.31. The molecule has 1 atom stereocenters. The zero-order valence-electron chi connectivity index (χ0n) is 9.09. The first kappa shape index (κ1) is 11.5. The van der Waals surface area contributed by atoms with Crippen molar-refractivity contribution in [3.05, 3.63) is 0 Å². The highest BCUT2D eigenvalue weighted by atomic mass is 16.1. The summed E-state index contributed by atoms with van der Waals surface area (Å²) in [6.45, 7) is 2.69. The van der Waals surface area contributed by atoms with Crippen molar-refractivity contribution in [3.8, 4) is 0 Å². The van der Waals surface area contributed by atoms with Gasteiger partial charge in [0.1, 0.15) is 0 Å². The van der Waals surface area contributed by atoms with Crippen LogP contribution < -0.4 is 11.1 Å². The van der Waals surface area contributed by atoms with Crippen molar-refractivity contribution in [3.63, 3.8) is 0 Å². The summed E-state index contributed by atoms with van der Waals surface area (Å²) >= 11 is 0. The molecule has 82 valence electrons. The van der Waals surface area contributed by atoms with Gasteiger partial charge in [-0.3, -0.25) is 4.79 Å². The standard InChI is InChI=1S/C11H22N2O/c1-9(12)8-11(14)13-7-6-10-4-2-3-5-10/h9-10H,2-8,12H2,1H3,(H,13,14). The molecule has 3 heteroatoms. The molecule has 0 heterocycles. The van der Waals surface area contributed by atoms with E-state index in [-0.39, 0.29) is 11.9 Å². The maximum Gasteiger partial charge on any atom is 0.221 e. The van der Waals surface area contributed by atoms with E-state index in [1.54, 1.807) is 0 Å². The Kier molecular flexibility index (Phi) is 4.94. The molecular weight excluding hydrogens is 176 g/mol. The van der Waals surface area contributed by atoms with Gasteiger partial charge in [-0.05, 0) is 19.3 Å². The lowest BCUT2D eigenvalue weighted by molar-refractivity contribution is -0.121. The minimum absolute atomic E-state index is 0.0264. The average Bonchev–Trinajstić information content (AvgIpc) is 2.55. The summed E-state index contributed by atoms with van der Waals surface area (Å²) in [7, 11) is 0. The molecule has 0 bridgehead atoms. The van der Waals surface area contributed by atoms with Crippen LogP contribution in [0.1, 0.15) is 45.4 Å². The number of hydrogen-bond donors (Lipinski definition) is 2. The molecule has 1 saturated carbocycles. The van der Waals surface area contributed by atoms with E-state index in [2.05, 4.69) is 5.32 Å². The number of hydrogen-bond acceptors (Lipinski definition) is 2. The van der Waals surface area contributed by atoms with E-state index in [9.17, 15) is 4.79 Å². The largest absolute Gasteiger partial charge is 0.356 e. The van der Waals surface area contributed by atoms with E-state index in [0.29, 0.717) is 6.42 Å². The first-order chi connectivity index (χ1) is 6.68. The number of rotatable bonds is 5. The van der Waals surface area contributed by atoms with Crippen molar-refractivity contribution in [1.82, 2.24) is 5.32 Å². The molecule has 0 aromatic rings. The Balaban J connectivity index is 1.99. The molecule has 0 aromatic carbocycles. The van der Waals surface area contributed by atoms with Crippen LogP contribution in [0.5, 0.6) is 0 Å². The van der Waals surface area contributed by atoms with Gasteiger partial charge in [-0.25, -0.2) is 0 Å². The molecule has 1 amide bonds. The first-order valence-corrected chi connectivity index (χ1v) is 5.70. The zero-order chi connectivity index (χ0) is 10.4. The summed E-state index contributed by atoms with van der Waals surface area (Å²) < 4.78 is 0. The normalized spacial score (nSPS) is 19.6. The van der Waals surface area contributed by atoms with Crippen LogP contribution >= 0.6 is 0 Å². The second kappa shape index (κ2) is 6.02. The molecular formula is C11H22N2O. The molecule has 1 fully saturated rings. The minimum Gasteiger partial charge on any atom is -0.356 e. The van der Waals surface area contributed by atoms with Crippen molar-refractivity contribution < 1.29 is 4.79 Å². The van der Waals surface area contributed by atoms with E-state index >= 15 is 0 Å². The molecule has 3 N–H and O–H groups in total. The highest BCUT2D eigenvalue weighted by Crippen LogP contribution is 2.26. The van der Waals surface area contributed by atoms with Crippen LogP contribution in [0, 0.1) is 5.92 Å². The van der Waals surface area contributed by atoms with Crippen LogP contribution in [0.2, 0.25) is 0 Å². The summed E-state index contributed by atoms with van der Waals surface area (Å²) in [5, 5.41) is 2.92. The van der Waals surface area contributed by atoms with Crippen LogP contribution in [-0.2, 0) is 4.79 Å². The van der Waals surface area contributed by atoms with E-state index in [0.717, 1.165) is 18.9 Å². The van der Waals surface area contributed by atoms with Gasteiger partial charge < -0.3 is 11.1 Å². The zero-order valence-corrected chi connectivity index (χ0v) is 9.09. The van der Waals surface area contributed by atoms with Crippen LogP contribution in [0.25, 0.3) is 0 Å². The molecule has 1 unspecified atom stereocenters. The topological polar surface area (TPSA) is 55.1 Å². The van der Waals surface area contributed by atoms with Gasteiger partial charge in [0.05, 0.1) is 0 Å². The number of carbonyl (C=O) groups excluding carboxylic acids is 1. The monoisotopic (exact) mass is 198 g/mol. The van der Waals surface area contributed by atoms with Gasteiger partial charge in [0.25, 0.3) is 0 Å². The number of carbonyl (C=O) groups is 1. The molecule has 1 aliphatic rings. The van der Waals surface area contributed by atoms with Crippen LogP contribution in [0.15, 0.2) is 0 Å². The SMILES string of the molecule is CC(N)CC(=O)NCCC1CCCC1. The molecule has 0 saturated heterocycles. The van der Waals surface area contributed by atoms with Gasteiger partial charge in [-0.2, -0.15) is 0 Å². The van der Waals surface area contributed by atoms with E-state index < -0.39 is 0 Å². The smallest absolute Gasteiger partial charge is 0.221 e. The Bertz CT molecular complexity index is 174. The Morgan fingerprint density at radius 3 is 2.71 bits per heavy atom. The highest BCUT2D eigenvalue weighted by Gasteiger charge is 2.14. The molecule has 1 rings (SSSR count). The number of nitrogens with two attached hydrogens (primary N) is 1. The minimum atomic E-state index is -0.0264. The van der Waals surface area contributed by atoms with Gasteiger partial charge in [0.2, 0.25) is 5.91 Å². The fraction of sp³-hybridized carbons (Fsp3) is 0.909. The van der Waals surface area contributed by atoms with Crippen LogP contribution in [0.3, 0.4) is 0 Å². The van der Waals surface area contributed by atoms with Crippen LogP contribution in [0.4, 0.5) is 0 Å². The van der Waals surface area contributed by atoms with E-state index in [1.807, 2.05) is 6.92 Å². The molecule has 1 aliphatic carbocycles. The van der Waals surface area contributed by atoms with Crippen molar-refractivity contribution in [2.75, 3.05) is 6.54 Å². The van der Waals surface area contributed by atoms with Crippen molar-refractivity contribution in [2.45, 2.75) is 51.5 Å². The number of amides is 1. The second-order valence-corrected chi connectivity index (χ2v) is 4.47. The molecule has 14 heavy (non-hydrogen) atoms. The predicted molar refractivity (Wildman–Crippen MR) is 57.9 cm³/mol. The predicted octanol–water partition coefficient (Wildman–Crippen LogP) is 1.42. The van der Waals surface area contributed by atoms with Gasteiger partial charge >= 0.3 is 0 Å². The lowest BCUT2D eigenvalue weighted by atomic mass is 10.0. The second-order valence-electron chi connectivity index (χ2n) is 4.47. The van der Waals surface area contributed by atoms with Crippen molar-refractivity contribution in [2.24, 2.45) is 11.7 Å². The molecule has 0 aromatic heterocycles. The maximum absolute atomic E-state index is 11.2. The quantitative estimate of drug-likeness (QED) is 0.702. The van der Waals surface area contributed by atoms with Gasteiger partial charge in [-0.1, -0.05) is 25.7 Å². The van der Waals surface area contributed by atoms with E-state index in [1.165, 1.54) is 25.7 Å². The summed E-state index contributed by atoms with van der Waals surface area (Å²) in [5.74, 6) is 0.948. The molecule has 3 nitrogen and oxygen atoms in total. The summed E-state index contributed by atoms with van der Waals surface area (Å²) in [6, 6.07) is -0.0264. The average molecular weight is 198 g/mol. The van der Waals surface area contributed by atoms with Gasteiger partial charge in [0.15, 0.2) is 0 Å². The van der Waals surface area contributed by atoms with Gasteiger partial charge in [-0.15, -0.1) is 0 Å².